The van der Waals surface area contributed by atoms with Crippen LogP contribution in [0.5, 0.6) is 5.75 Å². The lowest BCUT2D eigenvalue weighted by molar-refractivity contribution is 0.170. The van der Waals surface area contributed by atoms with Gasteiger partial charge in [-0.05, 0) is 44.0 Å². The largest absolute Gasteiger partial charge is 0.497 e. The van der Waals surface area contributed by atoms with Crippen LogP contribution >= 0.6 is 15.9 Å². The normalized spacial score (nSPS) is 14.4. The number of nitrogens with one attached hydrogen (secondary N) is 1. The van der Waals surface area contributed by atoms with E-state index in [1.165, 1.54) is 0 Å². The second kappa shape index (κ2) is 6.99. The number of ether oxygens (including phenoxy) is 1. The molecular weight excluding hydrogens is 282 g/mol. The van der Waals surface area contributed by atoms with Crippen molar-refractivity contribution in [2.45, 2.75) is 39.0 Å². The standard InChI is InChI=1S/C13H20BrNO2/c1-9(6-10(2)16)15-8-11-7-12(17-3)4-5-13(11)14/h4-5,7,9-10,15-16H,6,8H2,1-3H3. The Morgan fingerprint density at radius 3 is 2.71 bits per heavy atom. The number of methoxy groups -OCH3 is 1. The third-order valence-corrected chi connectivity index (χ3v) is 3.36. The predicted octanol–water partition coefficient (Wildman–Crippen LogP) is 2.71. The summed E-state index contributed by atoms with van der Waals surface area (Å²) in [6.45, 7) is 4.63. The second-order valence-corrected chi connectivity index (χ2v) is 5.18. The highest BCUT2D eigenvalue weighted by Crippen LogP contribution is 2.22. The molecule has 3 nitrogen and oxygen atoms in total. The van der Waals surface area contributed by atoms with E-state index in [1.807, 2.05) is 18.2 Å². The summed E-state index contributed by atoms with van der Waals surface area (Å²) in [6.07, 6.45) is 0.480. The fourth-order valence-electron chi connectivity index (χ4n) is 1.69. The molecule has 0 saturated carbocycles. The van der Waals surface area contributed by atoms with Gasteiger partial charge in [0.25, 0.3) is 0 Å². The summed E-state index contributed by atoms with van der Waals surface area (Å²) in [7, 11) is 1.66. The molecule has 0 heterocycles. The van der Waals surface area contributed by atoms with Crippen LogP contribution in [0.1, 0.15) is 25.8 Å². The lowest BCUT2D eigenvalue weighted by atomic mass is 10.1. The lowest BCUT2D eigenvalue weighted by Crippen LogP contribution is -2.28. The Balaban J connectivity index is 2.56. The fraction of sp³-hybridized carbons (Fsp3) is 0.538. The SMILES string of the molecule is COc1ccc(Br)c(CNC(C)CC(C)O)c1. The zero-order valence-corrected chi connectivity index (χ0v) is 12.1. The number of rotatable bonds is 6. The van der Waals surface area contributed by atoms with Crippen molar-refractivity contribution < 1.29 is 9.84 Å². The molecule has 0 radical (unpaired) electrons. The van der Waals surface area contributed by atoms with Gasteiger partial charge in [-0.2, -0.15) is 0 Å². The molecule has 0 aliphatic heterocycles. The molecule has 0 amide bonds. The van der Waals surface area contributed by atoms with Crippen molar-refractivity contribution in [3.63, 3.8) is 0 Å². The highest BCUT2D eigenvalue weighted by Gasteiger charge is 2.07. The number of benzene rings is 1. The van der Waals surface area contributed by atoms with Gasteiger partial charge in [0.05, 0.1) is 13.2 Å². The molecule has 0 bridgehead atoms. The molecule has 2 atom stereocenters. The molecule has 2 N–H and O–H groups in total. The van der Waals surface area contributed by atoms with Gasteiger partial charge in [-0.1, -0.05) is 15.9 Å². The quantitative estimate of drug-likeness (QED) is 0.849. The van der Waals surface area contributed by atoms with Crippen molar-refractivity contribution in [2.75, 3.05) is 7.11 Å². The molecule has 0 fully saturated rings. The van der Waals surface area contributed by atoms with Crippen LogP contribution in [0, 0.1) is 0 Å². The molecule has 0 aromatic heterocycles. The summed E-state index contributed by atoms with van der Waals surface area (Å²) < 4.78 is 6.26. The highest BCUT2D eigenvalue weighted by molar-refractivity contribution is 9.10. The van der Waals surface area contributed by atoms with Crippen molar-refractivity contribution >= 4 is 15.9 Å². The van der Waals surface area contributed by atoms with E-state index in [-0.39, 0.29) is 12.1 Å². The van der Waals surface area contributed by atoms with Crippen molar-refractivity contribution in [3.05, 3.63) is 28.2 Å². The summed E-state index contributed by atoms with van der Waals surface area (Å²) in [6, 6.07) is 6.20. The Kier molecular flexibility index (Phi) is 5.95. The first-order valence-electron chi connectivity index (χ1n) is 5.76. The van der Waals surface area contributed by atoms with Crippen LogP contribution in [-0.4, -0.2) is 24.4 Å². The Bertz CT molecular complexity index is 355. The van der Waals surface area contributed by atoms with E-state index in [0.717, 1.165) is 28.8 Å². The van der Waals surface area contributed by atoms with Crippen LogP contribution in [0.15, 0.2) is 22.7 Å². The molecule has 2 unspecified atom stereocenters. The summed E-state index contributed by atoms with van der Waals surface area (Å²) in [4.78, 5) is 0. The molecular formula is C13H20BrNO2. The first-order chi connectivity index (χ1) is 8.02. The number of aliphatic hydroxyl groups excluding tert-OH is 1. The van der Waals surface area contributed by atoms with Gasteiger partial charge < -0.3 is 15.2 Å². The van der Waals surface area contributed by atoms with Gasteiger partial charge in [-0.15, -0.1) is 0 Å². The van der Waals surface area contributed by atoms with Gasteiger partial charge in [-0.3, -0.25) is 0 Å². The van der Waals surface area contributed by atoms with Gasteiger partial charge in [-0.25, -0.2) is 0 Å². The Morgan fingerprint density at radius 2 is 2.12 bits per heavy atom. The lowest BCUT2D eigenvalue weighted by Gasteiger charge is -2.16. The second-order valence-electron chi connectivity index (χ2n) is 4.32. The van der Waals surface area contributed by atoms with Gasteiger partial charge in [0.1, 0.15) is 5.75 Å². The van der Waals surface area contributed by atoms with Crippen LogP contribution in [0.2, 0.25) is 0 Å². The van der Waals surface area contributed by atoms with Crippen LogP contribution in [0.25, 0.3) is 0 Å². The molecule has 1 rings (SSSR count). The van der Waals surface area contributed by atoms with Crippen LogP contribution in [0.4, 0.5) is 0 Å². The van der Waals surface area contributed by atoms with Gasteiger partial charge in [0.15, 0.2) is 0 Å². The van der Waals surface area contributed by atoms with E-state index in [0.29, 0.717) is 0 Å². The van der Waals surface area contributed by atoms with Crippen molar-refractivity contribution in [1.82, 2.24) is 5.32 Å². The maximum absolute atomic E-state index is 9.29. The Morgan fingerprint density at radius 1 is 1.41 bits per heavy atom. The molecule has 17 heavy (non-hydrogen) atoms. The van der Waals surface area contributed by atoms with E-state index in [1.54, 1.807) is 14.0 Å². The molecule has 0 spiro atoms. The molecule has 0 aliphatic carbocycles. The molecule has 0 aliphatic rings. The summed E-state index contributed by atoms with van der Waals surface area (Å²) in [5.74, 6) is 0.855. The molecule has 96 valence electrons. The fourth-order valence-corrected chi connectivity index (χ4v) is 2.08. The minimum Gasteiger partial charge on any atom is -0.497 e. The number of halogens is 1. The number of aliphatic hydroxyl groups is 1. The van der Waals surface area contributed by atoms with Gasteiger partial charge in [0, 0.05) is 17.1 Å². The van der Waals surface area contributed by atoms with E-state index in [9.17, 15) is 5.11 Å². The third kappa shape index (κ3) is 5.06. The first-order valence-corrected chi connectivity index (χ1v) is 6.56. The maximum Gasteiger partial charge on any atom is 0.119 e. The minimum atomic E-state index is -0.272. The molecule has 1 aromatic rings. The molecule has 4 heteroatoms. The van der Waals surface area contributed by atoms with Crippen molar-refractivity contribution in [1.29, 1.82) is 0 Å². The summed E-state index contributed by atoms with van der Waals surface area (Å²) >= 11 is 3.52. The zero-order valence-electron chi connectivity index (χ0n) is 10.5. The monoisotopic (exact) mass is 301 g/mol. The minimum absolute atomic E-state index is 0.272. The van der Waals surface area contributed by atoms with E-state index >= 15 is 0 Å². The predicted molar refractivity (Wildman–Crippen MR) is 73.3 cm³/mol. The van der Waals surface area contributed by atoms with Crippen molar-refractivity contribution in [3.8, 4) is 5.75 Å². The van der Waals surface area contributed by atoms with E-state index in [4.69, 9.17) is 4.74 Å². The van der Waals surface area contributed by atoms with E-state index < -0.39 is 0 Å². The Labute approximate surface area is 111 Å². The van der Waals surface area contributed by atoms with Crippen molar-refractivity contribution in [2.24, 2.45) is 0 Å². The van der Waals surface area contributed by atoms with Gasteiger partial charge >= 0.3 is 0 Å². The molecule has 0 saturated heterocycles. The topological polar surface area (TPSA) is 41.5 Å². The average Bonchev–Trinajstić information content (AvgIpc) is 2.27. The van der Waals surface area contributed by atoms with Crippen LogP contribution in [0.3, 0.4) is 0 Å². The number of hydrogen-bond donors (Lipinski definition) is 2. The number of hydrogen-bond acceptors (Lipinski definition) is 3. The van der Waals surface area contributed by atoms with Crippen LogP contribution < -0.4 is 10.1 Å². The van der Waals surface area contributed by atoms with Crippen LogP contribution in [-0.2, 0) is 6.54 Å². The van der Waals surface area contributed by atoms with Gasteiger partial charge in [0.2, 0.25) is 0 Å². The summed E-state index contributed by atoms with van der Waals surface area (Å²) in [5, 5.41) is 12.7. The average molecular weight is 302 g/mol. The maximum atomic E-state index is 9.29. The smallest absolute Gasteiger partial charge is 0.119 e. The van der Waals surface area contributed by atoms with E-state index in [2.05, 4.69) is 28.2 Å². The summed E-state index contributed by atoms with van der Waals surface area (Å²) in [5.41, 5.74) is 1.15. The molecule has 1 aromatic carbocycles. The highest BCUT2D eigenvalue weighted by atomic mass is 79.9. The third-order valence-electron chi connectivity index (χ3n) is 2.59. The Hall–Kier alpha value is -0.580. The zero-order chi connectivity index (χ0) is 12.8. The first kappa shape index (κ1) is 14.5.